The summed E-state index contributed by atoms with van der Waals surface area (Å²) >= 11 is 0. The predicted octanol–water partition coefficient (Wildman–Crippen LogP) is 1.77. The minimum absolute atomic E-state index is 0.0275. The molecule has 1 saturated carbocycles. The van der Waals surface area contributed by atoms with Crippen LogP contribution in [0.3, 0.4) is 0 Å². The van der Waals surface area contributed by atoms with Gasteiger partial charge in [-0.05, 0) is 30.5 Å². The van der Waals surface area contributed by atoms with Crippen molar-refractivity contribution in [1.82, 2.24) is 10.6 Å². The Morgan fingerprint density at radius 3 is 2.41 bits per heavy atom. The molecule has 0 bridgehead atoms. The van der Waals surface area contributed by atoms with Crippen molar-refractivity contribution in [3.63, 3.8) is 0 Å². The molecule has 120 valence electrons. The van der Waals surface area contributed by atoms with Gasteiger partial charge in [0.2, 0.25) is 11.8 Å². The first-order valence-corrected chi connectivity index (χ1v) is 8.04. The van der Waals surface area contributed by atoms with Crippen molar-refractivity contribution < 1.29 is 9.59 Å². The fourth-order valence-corrected chi connectivity index (χ4v) is 2.75. The monoisotopic (exact) mass is 303 g/mol. The van der Waals surface area contributed by atoms with Gasteiger partial charge in [-0.15, -0.1) is 0 Å². The second-order valence-electron chi connectivity index (χ2n) is 5.92. The summed E-state index contributed by atoms with van der Waals surface area (Å²) in [5.74, 6) is -0.0464. The molecule has 5 nitrogen and oxygen atoms in total. The Morgan fingerprint density at radius 1 is 1.05 bits per heavy atom. The number of carbonyl (C=O) groups is 2. The fraction of sp³-hybridized carbons (Fsp3) is 0.529. The largest absolute Gasteiger partial charge is 0.399 e. The van der Waals surface area contributed by atoms with Crippen LogP contribution in [0, 0.1) is 0 Å². The molecule has 0 saturated heterocycles. The van der Waals surface area contributed by atoms with Crippen LogP contribution in [0.2, 0.25) is 0 Å². The molecule has 0 radical (unpaired) electrons. The van der Waals surface area contributed by atoms with Crippen LogP contribution in [-0.4, -0.2) is 24.4 Å². The summed E-state index contributed by atoms with van der Waals surface area (Å²) in [4.78, 5) is 23.6. The summed E-state index contributed by atoms with van der Waals surface area (Å²) in [7, 11) is 0. The number of rotatable bonds is 6. The number of nitrogens with one attached hydrogen (secondary N) is 2. The van der Waals surface area contributed by atoms with Gasteiger partial charge in [-0.1, -0.05) is 31.4 Å². The van der Waals surface area contributed by atoms with Crippen molar-refractivity contribution in [2.75, 3.05) is 12.3 Å². The van der Waals surface area contributed by atoms with E-state index in [0.717, 1.165) is 18.4 Å². The maximum atomic E-state index is 11.8. The highest BCUT2D eigenvalue weighted by atomic mass is 16.2. The van der Waals surface area contributed by atoms with E-state index in [9.17, 15) is 9.59 Å². The number of anilines is 1. The molecule has 5 heteroatoms. The Labute approximate surface area is 131 Å². The number of nitrogen functional groups attached to an aromatic ring is 1. The maximum absolute atomic E-state index is 11.8. The number of amides is 2. The molecule has 1 aliphatic carbocycles. The van der Waals surface area contributed by atoms with Crippen LogP contribution < -0.4 is 16.4 Å². The third-order valence-electron chi connectivity index (χ3n) is 3.99. The van der Waals surface area contributed by atoms with Gasteiger partial charge >= 0.3 is 0 Å². The Morgan fingerprint density at radius 2 is 1.73 bits per heavy atom. The Hall–Kier alpha value is -2.04. The van der Waals surface area contributed by atoms with E-state index >= 15 is 0 Å². The van der Waals surface area contributed by atoms with Gasteiger partial charge in [0, 0.05) is 24.7 Å². The average molecular weight is 303 g/mol. The van der Waals surface area contributed by atoms with Crippen LogP contribution in [0.15, 0.2) is 24.3 Å². The second kappa shape index (κ2) is 8.41. The first kappa shape index (κ1) is 16.3. The summed E-state index contributed by atoms with van der Waals surface area (Å²) in [6.45, 7) is 0.381. The van der Waals surface area contributed by atoms with E-state index < -0.39 is 0 Å². The highest BCUT2D eigenvalue weighted by Gasteiger charge is 2.15. The molecular formula is C17H25N3O2. The summed E-state index contributed by atoms with van der Waals surface area (Å²) in [6, 6.07) is 7.56. The molecule has 2 amide bonds. The van der Waals surface area contributed by atoms with Crippen molar-refractivity contribution >= 4 is 17.5 Å². The predicted molar refractivity (Wildman–Crippen MR) is 87.2 cm³/mol. The molecule has 1 aromatic rings. The zero-order valence-corrected chi connectivity index (χ0v) is 12.9. The molecule has 1 fully saturated rings. The SMILES string of the molecule is Nc1ccc(CC(=O)NCCC(=O)NC2CCCCC2)cc1. The molecule has 0 aliphatic heterocycles. The fourth-order valence-electron chi connectivity index (χ4n) is 2.75. The van der Waals surface area contributed by atoms with Crippen LogP contribution in [0.1, 0.15) is 44.1 Å². The van der Waals surface area contributed by atoms with Crippen LogP contribution >= 0.6 is 0 Å². The van der Waals surface area contributed by atoms with Gasteiger partial charge < -0.3 is 16.4 Å². The highest BCUT2D eigenvalue weighted by Crippen LogP contribution is 2.17. The molecule has 0 unspecified atom stereocenters. The third kappa shape index (κ3) is 5.76. The molecule has 0 aromatic heterocycles. The van der Waals surface area contributed by atoms with E-state index in [-0.39, 0.29) is 11.8 Å². The Kier molecular flexibility index (Phi) is 6.25. The van der Waals surface area contributed by atoms with E-state index in [1.165, 1.54) is 19.3 Å². The van der Waals surface area contributed by atoms with Gasteiger partial charge in [0.15, 0.2) is 0 Å². The first-order valence-electron chi connectivity index (χ1n) is 8.04. The standard InChI is InChI=1S/C17H25N3O2/c18-14-8-6-13(7-9-14)12-17(22)19-11-10-16(21)20-15-4-2-1-3-5-15/h6-9,15H,1-5,10-12,18H2,(H,19,22)(H,20,21). The number of nitrogens with two attached hydrogens (primary N) is 1. The molecule has 2 rings (SSSR count). The molecule has 0 atom stereocenters. The normalized spacial score (nSPS) is 15.3. The number of carbonyl (C=O) groups excluding carboxylic acids is 2. The van der Waals surface area contributed by atoms with Gasteiger partial charge in [-0.3, -0.25) is 9.59 Å². The quantitative estimate of drug-likeness (QED) is 0.700. The molecule has 1 aliphatic rings. The summed E-state index contributed by atoms with van der Waals surface area (Å²) in [5.41, 5.74) is 7.20. The molecular weight excluding hydrogens is 278 g/mol. The third-order valence-corrected chi connectivity index (χ3v) is 3.99. The van der Waals surface area contributed by atoms with E-state index in [0.29, 0.717) is 31.1 Å². The minimum atomic E-state index is -0.0739. The van der Waals surface area contributed by atoms with E-state index in [2.05, 4.69) is 10.6 Å². The molecule has 22 heavy (non-hydrogen) atoms. The molecule has 1 aromatic carbocycles. The van der Waals surface area contributed by atoms with Crippen molar-refractivity contribution in [3.8, 4) is 0 Å². The number of hydrogen-bond acceptors (Lipinski definition) is 3. The van der Waals surface area contributed by atoms with Gasteiger partial charge in [-0.25, -0.2) is 0 Å². The lowest BCUT2D eigenvalue weighted by Crippen LogP contribution is -2.38. The lowest BCUT2D eigenvalue weighted by molar-refractivity contribution is -0.122. The minimum Gasteiger partial charge on any atom is -0.399 e. The van der Waals surface area contributed by atoms with Crippen LogP contribution in [0.5, 0.6) is 0 Å². The van der Waals surface area contributed by atoms with Gasteiger partial charge in [0.05, 0.1) is 6.42 Å². The average Bonchev–Trinajstić information content (AvgIpc) is 2.50. The molecule has 4 N–H and O–H groups in total. The van der Waals surface area contributed by atoms with Crippen molar-refractivity contribution in [2.24, 2.45) is 0 Å². The zero-order chi connectivity index (χ0) is 15.8. The van der Waals surface area contributed by atoms with Crippen LogP contribution in [0.4, 0.5) is 5.69 Å². The van der Waals surface area contributed by atoms with Gasteiger partial charge in [-0.2, -0.15) is 0 Å². The maximum Gasteiger partial charge on any atom is 0.224 e. The smallest absolute Gasteiger partial charge is 0.224 e. The van der Waals surface area contributed by atoms with E-state index in [4.69, 9.17) is 5.73 Å². The Balaban J connectivity index is 1.61. The number of benzene rings is 1. The van der Waals surface area contributed by atoms with Crippen LogP contribution in [0.25, 0.3) is 0 Å². The molecule has 0 heterocycles. The van der Waals surface area contributed by atoms with Crippen molar-refractivity contribution in [3.05, 3.63) is 29.8 Å². The highest BCUT2D eigenvalue weighted by molar-refractivity contribution is 5.80. The summed E-state index contributed by atoms with van der Waals surface area (Å²) in [5, 5.41) is 5.83. The van der Waals surface area contributed by atoms with Gasteiger partial charge in [0.25, 0.3) is 0 Å². The lowest BCUT2D eigenvalue weighted by atomic mass is 9.95. The van der Waals surface area contributed by atoms with E-state index in [1.54, 1.807) is 12.1 Å². The van der Waals surface area contributed by atoms with Gasteiger partial charge in [0.1, 0.15) is 0 Å². The number of hydrogen-bond donors (Lipinski definition) is 3. The molecule has 0 spiro atoms. The van der Waals surface area contributed by atoms with Crippen LogP contribution in [-0.2, 0) is 16.0 Å². The zero-order valence-electron chi connectivity index (χ0n) is 12.9. The van der Waals surface area contributed by atoms with Crippen molar-refractivity contribution in [1.29, 1.82) is 0 Å². The summed E-state index contributed by atoms with van der Waals surface area (Å²) < 4.78 is 0. The van der Waals surface area contributed by atoms with E-state index in [1.807, 2.05) is 12.1 Å². The Bertz CT molecular complexity index is 493. The summed E-state index contributed by atoms with van der Waals surface area (Å²) in [6.07, 6.45) is 6.47. The first-order chi connectivity index (χ1) is 10.6. The topological polar surface area (TPSA) is 84.2 Å². The lowest BCUT2D eigenvalue weighted by Gasteiger charge is -2.22. The second-order valence-corrected chi connectivity index (χ2v) is 5.92. The van der Waals surface area contributed by atoms with Crippen molar-refractivity contribution in [2.45, 2.75) is 51.0 Å².